The van der Waals surface area contributed by atoms with Gasteiger partial charge in [-0.25, -0.2) is 0 Å². The molecule has 1 saturated heterocycles. The minimum Gasteiger partial charge on any atom is -0.493 e. The molecule has 2 heterocycles. The summed E-state index contributed by atoms with van der Waals surface area (Å²) in [6.45, 7) is 0.454. The maximum Gasteiger partial charge on any atom is 0.174 e. The zero-order valence-corrected chi connectivity index (χ0v) is 12.3. The van der Waals surface area contributed by atoms with Crippen molar-refractivity contribution >= 4 is 5.78 Å². The standard InChI is InChI=1S/C18H21NO3/c1-19-8-7-18-11-4-5-13(20)17(18)22-16-14(21-2)6-3-10(15(16)18)9-12(11)19/h3,6,11-12,17H,4-5,7-9H2,1-2H3/t11-,12+,17?,18-/m0/s1/i2D3,9D2,12D. The lowest BCUT2D eigenvalue weighted by molar-refractivity contribution is -0.138. The van der Waals surface area contributed by atoms with Crippen LogP contribution in [0.2, 0.25) is 0 Å². The molecule has 0 radical (unpaired) electrons. The van der Waals surface area contributed by atoms with E-state index in [1.807, 2.05) is 0 Å². The molecule has 5 rings (SSSR count). The van der Waals surface area contributed by atoms with Crippen LogP contribution in [-0.4, -0.2) is 43.4 Å². The number of nitrogens with zero attached hydrogens (tertiary/aromatic N) is 1. The molecule has 22 heavy (non-hydrogen) atoms. The topological polar surface area (TPSA) is 38.8 Å². The zero-order chi connectivity index (χ0) is 20.3. The first kappa shape index (κ1) is 8.34. The Morgan fingerprint density at radius 1 is 1.59 bits per heavy atom. The highest BCUT2D eigenvalue weighted by Gasteiger charge is 2.65. The third kappa shape index (κ3) is 1.27. The summed E-state index contributed by atoms with van der Waals surface area (Å²) in [5.74, 6) is -0.351. The van der Waals surface area contributed by atoms with Crippen molar-refractivity contribution in [1.29, 1.82) is 0 Å². The van der Waals surface area contributed by atoms with Gasteiger partial charge in [0.05, 0.1) is 11.2 Å². The lowest BCUT2D eigenvalue weighted by Gasteiger charge is -2.57. The Hall–Kier alpha value is -1.55. The molecular weight excluding hydrogens is 278 g/mol. The van der Waals surface area contributed by atoms with Crippen molar-refractivity contribution < 1.29 is 22.5 Å². The van der Waals surface area contributed by atoms with Gasteiger partial charge < -0.3 is 14.4 Å². The number of methoxy groups -OCH3 is 1. The molecule has 2 aliphatic carbocycles. The van der Waals surface area contributed by atoms with Gasteiger partial charge in [-0.1, -0.05) is 6.07 Å². The van der Waals surface area contributed by atoms with Gasteiger partial charge >= 0.3 is 0 Å². The monoisotopic (exact) mass is 305 g/mol. The molecule has 1 aromatic rings. The molecular formula is C18H21NO3. The van der Waals surface area contributed by atoms with Gasteiger partial charge in [0, 0.05) is 27.5 Å². The number of carbonyl (C=O) groups excluding carboxylic acids is 1. The van der Waals surface area contributed by atoms with Gasteiger partial charge in [0.2, 0.25) is 0 Å². The maximum atomic E-state index is 12.8. The number of piperidine rings is 1. The molecule has 4 heteroatoms. The first-order valence-electron chi connectivity index (χ1n) is 10.7. The molecule has 0 amide bonds. The van der Waals surface area contributed by atoms with E-state index in [1.54, 1.807) is 11.9 Å². The van der Waals surface area contributed by atoms with E-state index in [2.05, 4.69) is 0 Å². The van der Waals surface area contributed by atoms with Gasteiger partial charge in [-0.3, -0.25) is 4.79 Å². The van der Waals surface area contributed by atoms with E-state index >= 15 is 0 Å². The Balaban J connectivity index is 1.84. The number of carbonyl (C=O) groups is 1. The maximum absolute atomic E-state index is 12.8. The molecule has 0 aromatic heterocycles. The van der Waals surface area contributed by atoms with Crippen molar-refractivity contribution in [3.05, 3.63) is 23.3 Å². The zero-order valence-electron chi connectivity index (χ0n) is 18.3. The third-order valence-corrected chi connectivity index (χ3v) is 5.86. The predicted molar refractivity (Wildman–Crippen MR) is 81.6 cm³/mol. The number of ketones is 1. The van der Waals surface area contributed by atoms with Crippen LogP contribution in [0, 0.1) is 5.92 Å². The van der Waals surface area contributed by atoms with E-state index in [0.29, 0.717) is 30.5 Å². The predicted octanol–water partition coefficient (Wildman–Crippen LogP) is 1.93. The van der Waals surface area contributed by atoms with Gasteiger partial charge in [0.1, 0.15) is 0 Å². The van der Waals surface area contributed by atoms with E-state index < -0.39 is 36.9 Å². The van der Waals surface area contributed by atoms with E-state index in [0.717, 1.165) is 0 Å². The number of ether oxygens (including phenoxy) is 2. The fourth-order valence-electron chi connectivity index (χ4n) is 4.94. The summed E-state index contributed by atoms with van der Waals surface area (Å²) in [6.07, 6.45) is -1.65. The Bertz CT molecular complexity index is 902. The summed E-state index contributed by atoms with van der Waals surface area (Å²) in [7, 11) is -0.931. The van der Waals surface area contributed by atoms with E-state index in [-0.39, 0.29) is 23.7 Å². The molecule has 4 nitrogen and oxygen atoms in total. The fourth-order valence-corrected chi connectivity index (χ4v) is 4.94. The Labute approximate surface area is 138 Å². The summed E-state index contributed by atoms with van der Waals surface area (Å²) in [5.41, 5.74) is 0.0298. The summed E-state index contributed by atoms with van der Waals surface area (Å²) in [6, 6.07) is 1.36. The highest BCUT2D eigenvalue weighted by molar-refractivity contribution is 5.89. The number of likely N-dealkylation sites (N-methyl/N-ethyl adjacent to an activating group) is 1. The highest BCUT2D eigenvalue weighted by atomic mass is 16.5. The van der Waals surface area contributed by atoms with Gasteiger partial charge in [0.25, 0.3) is 0 Å². The first-order chi connectivity index (χ1) is 12.9. The lowest BCUT2D eigenvalue weighted by atomic mass is 9.52. The molecule has 116 valence electrons. The van der Waals surface area contributed by atoms with Crippen LogP contribution in [0.4, 0.5) is 0 Å². The SMILES string of the molecule is [2H]C([2H])([2H])Oc1ccc2c3c1OC1C(=O)CC[C@@H]4[C@@]31CCN(C)[C@]4([2H])C2([2H])[2H]. The van der Waals surface area contributed by atoms with E-state index in [9.17, 15) is 6.17 Å². The second-order valence-corrected chi connectivity index (χ2v) is 6.70. The minimum atomic E-state index is -2.69. The summed E-state index contributed by atoms with van der Waals surface area (Å²) in [5, 5.41) is 0. The molecule has 2 bridgehead atoms. The summed E-state index contributed by atoms with van der Waals surface area (Å²) in [4.78, 5) is 14.6. The van der Waals surface area contributed by atoms with Crippen molar-refractivity contribution in [2.45, 2.75) is 43.2 Å². The Kier molecular flexibility index (Phi) is 1.53. The van der Waals surface area contributed by atoms with Crippen LogP contribution >= 0.6 is 0 Å². The fraction of sp³-hybridized carbons (Fsp3) is 0.611. The quantitative estimate of drug-likeness (QED) is 0.795. The van der Waals surface area contributed by atoms with Crippen LogP contribution in [0.1, 0.15) is 38.6 Å². The average Bonchev–Trinajstić information content (AvgIpc) is 2.94. The molecule has 0 N–H and O–H groups in total. The normalized spacial score (nSPS) is 48.7. The highest BCUT2D eigenvalue weighted by Crippen LogP contribution is 2.62. The number of hydrogen-bond acceptors (Lipinski definition) is 4. The van der Waals surface area contributed by atoms with Gasteiger partial charge in [-0.05, 0) is 50.4 Å². The number of hydrogen-bond donors (Lipinski definition) is 0. The van der Waals surface area contributed by atoms with E-state index in [1.165, 1.54) is 12.1 Å². The first-order valence-corrected chi connectivity index (χ1v) is 7.72. The molecule has 4 atom stereocenters. The van der Waals surface area contributed by atoms with Crippen LogP contribution in [0.3, 0.4) is 0 Å². The number of benzene rings is 1. The second-order valence-electron chi connectivity index (χ2n) is 6.70. The van der Waals surface area contributed by atoms with Gasteiger partial charge in [0.15, 0.2) is 23.4 Å². The molecule has 1 unspecified atom stereocenters. The molecule has 2 fully saturated rings. The Morgan fingerprint density at radius 2 is 2.50 bits per heavy atom. The van der Waals surface area contributed by atoms with Crippen molar-refractivity contribution in [1.82, 2.24) is 4.90 Å². The summed E-state index contributed by atoms with van der Waals surface area (Å²) < 4.78 is 60.5. The van der Waals surface area contributed by atoms with Crippen molar-refractivity contribution in [3.63, 3.8) is 0 Å². The average molecular weight is 305 g/mol. The van der Waals surface area contributed by atoms with Crippen molar-refractivity contribution in [2.75, 3.05) is 20.6 Å². The van der Waals surface area contributed by atoms with Crippen molar-refractivity contribution in [3.8, 4) is 11.5 Å². The van der Waals surface area contributed by atoms with Crippen molar-refractivity contribution in [2.24, 2.45) is 5.92 Å². The van der Waals surface area contributed by atoms with Crippen LogP contribution in [0.5, 0.6) is 11.5 Å². The second kappa shape index (κ2) is 4.05. The van der Waals surface area contributed by atoms with Gasteiger partial charge in [-0.15, -0.1) is 0 Å². The largest absolute Gasteiger partial charge is 0.493 e. The Morgan fingerprint density at radius 3 is 3.36 bits per heavy atom. The lowest BCUT2D eigenvalue weighted by Crippen LogP contribution is -2.65. The molecule has 1 saturated carbocycles. The molecule has 1 spiro atoms. The van der Waals surface area contributed by atoms with Crippen LogP contribution in [-0.2, 0) is 16.6 Å². The van der Waals surface area contributed by atoms with E-state index in [4.69, 9.17) is 16.3 Å². The third-order valence-electron chi connectivity index (χ3n) is 5.86. The molecule has 4 aliphatic rings. The molecule has 2 aliphatic heterocycles. The minimum absolute atomic E-state index is 0.00119. The summed E-state index contributed by atoms with van der Waals surface area (Å²) >= 11 is 0. The van der Waals surface area contributed by atoms with Crippen LogP contribution in [0.25, 0.3) is 0 Å². The number of likely N-dealkylation sites (tertiary alicyclic amines) is 1. The number of rotatable bonds is 1. The number of Topliss-reactive ketones (excluding diaryl/α,β-unsaturated/α-hetero) is 1. The van der Waals surface area contributed by atoms with Crippen LogP contribution < -0.4 is 9.47 Å². The van der Waals surface area contributed by atoms with Crippen LogP contribution in [0.15, 0.2) is 12.1 Å². The molecule has 1 aromatic carbocycles. The smallest absolute Gasteiger partial charge is 0.174 e. The van der Waals surface area contributed by atoms with Gasteiger partial charge in [-0.2, -0.15) is 0 Å².